The minimum Gasteiger partial charge on any atom is -0.277 e. The number of aromatic amines is 1. The number of fused-ring (bicyclic) bond motifs is 1. The number of rotatable bonds is 1. The number of para-hydroxylation sites is 1. The fourth-order valence-electron chi connectivity index (χ4n) is 1.26. The van der Waals surface area contributed by atoms with Gasteiger partial charge in [-0.25, -0.2) is 0 Å². The summed E-state index contributed by atoms with van der Waals surface area (Å²) in [5.74, 6) is 0. The molecule has 2 aromatic rings. The van der Waals surface area contributed by atoms with Crippen LogP contribution in [0.3, 0.4) is 0 Å². The van der Waals surface area contributed by atoms with Crippen molar-refractivity contribution in [3.05, 3.63) is 36.0 Å². The summed E-state index contributed by atoms with van der Waals surface area (Å²) in [6, 6.07) is 7.81. The van der Waals surface area contributed by atoms with E-state index in [1.807, 2.05) is 24.3 Å². The Labute approximate surface area is 75.3 Å². The summed E-state index contributed by atoms with van der Waals surface area (Å²) >= 11 is 0. The van der Waals surface area contributed by atoms with Gasteiger partial charge in [0.2, 0.25) is 0 Å². The Morgan fingerprint density at radius 2 is 2.38 bits per heavy atom. The lowest BCUT2D eigenvalue weighted by atomic mass is 10.1. The molecular formula is C10H7N3. The maximum absolute atomic E-state index is 8.39. The average molecular weight is 169 g/mol. The molecule has 0 saturated carbocycles. The average Bonchev–Trinajstić information content (AvgIpc) is 2.62. The summed E-state index contributed by atoms with van der Waals surface area (Å²) < 4.78 is 0. The highest BCUT2D eigenvalue weighted by Crippen LogP contribution is 2.16. The molecule has 62 valence electrons. The van der Waals surface area contributed by atoms with E-state index in [4.69, 9.17) is 5.26 Å². The van der Waals surface area contributed by atoms with E-state index in [-0.39, 0.29) is 0 Å². The molecule has 1 heterocycles. The van der Waals surface area contributed by atoms with Crippen LogP contribution in [0.5, 0.6) is 0 Å². The van der Waals surface area contributed by atoms with Crippen LogP contribution in [-0.4, -0.2) is 10.2 Å². The van der Waals surface area contributed by atoms with Crippen LogP contribution >= 0.6 is 0 Å². The van der Waals surface area contributed by atoms with Crippen LogP contribution in [0.2, 0.25) is 0 Å². The lowest BCUT2D eigenvalue weighted by Crippen LogP contribution is -1.75. The van der Waals surface area contributed by atoms with Crippen molar-refractivity contribution in [3.63, 3.8) is 0 Å². The number of hydrogen-bond donors (Lipinski definition) is 1. The Kier molecular flexibility index (Phi) is 1.81. The zero-order chi connectivity index (χ0) is 9.10. The normalized spacial score (nSPS) is 10.7. The second-order valence-corrected chi connectivity index (χ2v) is 2.64. The first-order chi connectivity index (χ1) is 6.42. The number of nitrogens with zero attached hydrogens (tertiary/aromatic N) is 2. The molecule has 0 spiro atoms. The molecule has 0 bridgehead atoms. The SMILES string of the molecule is N#CC=Cc1cccc2cn[nH]c12. The molecule has 0 saturated heterocycles. The smallest absolute Gasteiger partial charge is 0.0912 e. The number of hydrogen-bond acceptors (Lipinski definition) is 2. The van der Waals surface area contributed by atoms with Crippen LogP contribution in [-0.2, 0) is 0 Å². The van der Waals surface area contributed by atoms with Crippen molar-refractivity contribution < 1.29 is 0 Å². The molecule has 0 aliphatic carbocycles. The van der Waals surface area contributed by atoms with Crippen LogP contribution in [0.15, 0.2) is 30.5 Å². The molecule has 13 heavy (non-hydrogen) atoms. The van der Waals surface area contributed by atoms with E-state index in [0.717, 1.165) is 16.5 Å². The van der Waals surface area contributed by atoms with Gasteiger partial charge in [0, 0.05) is 17.0 Å². The van der Waals surface area contributed by atoms with E-state index in [1.165, 1.54) is 6.08 Å². The summed E-state index contributed by atoms with van der Waals surface area (Å²) in [6.45, 7) is 0. The molecule has 0 atom stereocenters. The third-order valence-electron chi connectivity index (χ3n) is 1.85. The fourth-order valence-corrected chi connectivity index (χ4v) is 1.26. The number of allylic oxidation sites excluding steroid dienone is 1. The number of H-pyrrole nitrogens is 1. The van der Waals surface area contributed by atoms with Crippen molar-refractivity contribution in [1.29, 1.82) is 5.26 Å². The van der Waals surface area contributed by atoms with Gasteiger partial charge < -0.3 is 0 Å². The summed E-state index contributed by atoms with van der Waals surface area (Å²) in [6.07, 6.45) is 4.98. The topological polar surface area (TPSA) is 52.5 Å². The lowest BCUT2D eigenvalue weighted by Gasteiger charge is -1.93. The van der Waals surface area contributed by atoms with E-state index in [1.54, 1.807) is 12.3 Å². The summed E-state index contributed by atoms with van der Waals surface area (Å²) in [5, 5.41) is 16.3. The second kappa shape index (κ2) is 3.11. The second-order valence-electron chi connectivity index (χ2n) is 2.64. The first-order valence-corrected chi connectivity index (χ1v) is 3.90. The zero-order valence-electron chi connectivity index (χ0n) is 6.86. The van der Waals surface area contributed by atoms with Gasteiger partial charge in [0.15, 0.2) is 0 Å². The molecule has 0 aliphatic rings. The molecular weight excluding hydrogens is 162 g/mol. The third kappa shape index (κ3) is 1.30. The first-order valence-electron chi connectivity index (χ1n) is 3.90. The van der Waals surface area contributed by atoms with E-state index >= 15 is 0 Å². The van der Waals surface area contributed by atoms with Crippen LogP contribution in [0, 0.1) is 11.3 Å². The number of nitriles is 1. The molecule has 0 unspecified atom stereocenters. The maximum atomic E-state index is 8.39. The zero-order valence-corrected chi connectivity index (χ0v) is 6.86. The predicted octanol–water partition coefficient (Wildman–Crippen LogP) is 2.10. The Morgan fingerprint density at radius 3 is 3.23 bits per heavy atom. The minimum absolute atomic E-state index is 0.967. The highest BCUT2D eigenvalue weighted by molar-refractivity contribution is 5.86. The van der Waals surface area contributed by atoms with Gasteiger partial charge >= 0.3 is 0 Å². The molecule has 3 nitrogen and oxygen atoms in total. The van der Waals surface area contributed by atoms with Crippen LogP contribution in [0.4, 0.5) is 0 Å². The van der Waals surface area contributed by atoms with E-state index in [9.17, 15) is 0 Å². The summed E-state index contributed by atoms with van der Waals surface area (Å²) in [7, 11) is 0. The lowest BCUT2D eigenvalue weighted by molar-refractivity contribution is 1.12. The molecule has 3 heteroatoms. The van der Waals surface area contributed by atoms with Gasteiger partial charge in [-0.2, -0.15) is 10.4 Å². The molecule has 0 aliphatic heterocycles. The highest BCUT2D eigenvalue weighted by Gasteiger charge is 1.97. The summed E-state index contributed by atoms with van der Waals surface area (Å²) in [4.78, 5) is 0. The number of nitrogens with one attached hydrogen (secondary N) is 1. The molecule has 1 aromatic heterocycles. The molecule has 1 aromatic carbocycles. The van der Waals surface area contributed by atoms with Crippen molar-refractivity contribution in [2.45, 2.75) is 0 Å². The molecule has 1 N–H and O–H groups in total. The van der Waals surface area contributed by atoms with Gasteiger partial charge in [-0.15, -0.1) is 0 Å². The maximum Gasteiger partial charge on any atom is 0.0912 e. The Hall–Kier alpha value is -2.08. The molecule has 0 fully saturated rings. The quantitative estimate of drug-likeness (QED) is 0.664. The third-order valence-corrected chi connectivity index (χ3v) is 1.85. The number of benzene rings is 1. The fraction of sp³-hybridized carbons (Fsp3) is 0. The van der Waals surface area contributed by atoms with Gasteiger partial charge in [0.25, 0.3) is 0 Å². The highest BCUT2D eigenvalue weighted by atomic mass is 15.1. The van der Waals surface area contributed by atoms with Crippen molar-refractivity contribution in [2.75, 3.05) is 0 Å². The van der Waals surface area contributed by atoms with Crippen LogP contribution in [0.25, 0.3) is 17.0 Å². The van der Waals surface area contributed by atoms with Gasteiger partial charge in [-0.1, -0.05) is 18.2 Å². The van der Waals surface area contributed by atoms with Crippen molar-refractivity contribution in [2.24, 2.45) is 0 Å². The van der Waals surface area contributed by atoms with Crippen molar-refractivity contribution in [1.82, 2.24) is 10.2 Å². The molecule has 2 rings (SSSR count). The van der Waals surface area contributed by atoms with Crippen molar-refractivity contribution in [3.8, 4) is 6.07 Å². The standard InChI is InChI=1S/C10H7N3/c11-6-2-5-8-3-1-4-9-7-12-13-10(8)9/h1-5,7H,(H,12,13). The largest absolute Gasteiger partial charge is 0.277 e. The Balaban J connectivity index is 2.62. The van der Waals surface area contributed by atoms with E-state index in [0.29, 0.717) is 0 Å². The van der Waals surface area contributed by atoms with Gasteiger partial charge in [0.05, 0.1) is 17.8 Å². The molecule has 0 amide bonds. The van der Waals surface area contributed by atoms with E-state index < -0.39 is 0 Å². The summed E-state index contributed by atoms with van der Waals surface area (Å²) in [5.41, 5.74) is 1.95. The number of aromatic nitrogens is 2. The van der Waals surface area contributed by atoms with Crippen molar-refractivity contribution >= 4 is 17.0 Å². The minimum atomic E-state index is 0.967. The van der Waals surface area contributed by atoms with Gasteiger partial charge in [-0.05, 0) is 6.08 Å². The monoisotopic (exact) mass is 169 g/mol. The van der Waals surface area contributed by atoms with Crippen LogP contribution < -0.4 is 0 Å². The Bertz CT molecular complexity index is 488. The van der Waals surface area contributed by atoms with Crippen LogP contribution in [0.1, 0.15) is 5.56 Å². The predicted molar refractivity (Wildman–Crippen MR) is 50.7 cm³/mol. The van der Waals surface area contributed by atoms with Gasteiger partial charge in [0.1, 0.15) is 0 Å². The molecule has 0 radical (unpaired) electrons. The first kappa shape index (κ1) is 7.56. The van der Waals surface area contributed by atoms with Gasteiger partial charge in [-0.3, -0.25) is 5.10 Å². The Morgan fingerprint density at radius 1 is 1.46 bits per heavy atom. The van der Waals surface area contributed by atoms with E-state index in [2.05, 4.69) is 10.2 Å².